The van der Waals surface area contributed by atoms with Gasteiger partial charge in [0.05, 0.1) is 5.92 Å². The highest BCUT2D eigenvalue weighted by Gasteiger charge is 2.31. The molecule has 120 valence electrons. The fraction of sp³-hybridized carbons (Fsp3) is 0.467. The summed E-state index contributed by atoms with van der Waals surface area (Å²) in [4.78, 5) is 24.8. The Kier molecular flexibility index (Phi) is 4.63. The third-order valence-corrected chi connectivity index (χ3v) is 3.74. The van der Waals surface area contributed by atoms with Crippen LogP contribution in [0.15, 0.2) is 12.1 Å². The third-order valence-electron chi connectivity index (χ3n) is 3.74. The Morgan fingerprint density at radius 2 is 1.91 bits per heavy atom. The van der Waals surface area contributed by atoms with Gasteiger partial charge in [-0.1, -0.05) is 0 Å². The van der Waals surface area contributed by atoms with Gasteiger partial charge in [-0.25, -0.2) is 0 Å². The van der Waals surface area contributed by atoms with Crippen molar-refractivity contribution in [1.82, 2.24) is 4.90 Å². The fourth-order valence-electron chi connectivity index (χ4n) is 2.68. The Bertz CT molecular complexity index is 580. The highest BCUT2D eigenvalue weighted by atomic mass is 19.3. The smallest absolute Gasteiger partial charge is 0.387 e. The molecule has 1 aromatic carbocycles. The van der Waals surface area contributed by atoms with E-state index in [1.807, 2.05) is 0 Å². The first-order chi connectivity index (χ1) is 10.3. The Labute approximate surface area is 126 Å². The van der Waals surface area contributed by atoms with Crippen molar-refractivity contribution in [2.75, 3.05) is 13.1 Å². The van der Waals surface area contributed by atoms with Crippen LogP contribution in [0.4, 0.5) is 8.78 Å². The number of likely N-dealkylation sites (tertiary alicyclic amines) is 1. The van der Waals surface area contributed by atoms with Gasteiger partial charge in [0, 0.05) is 18.7 Å². The van der Waals surface area contributed by atoms with Gasteiger partial charge < -0.3 is 14.7 Å². The van der Waals surface area contributed by atoms with E-state index in [9.17, 15) is 18.4 Å². The Balaban J connectivity index is 2.19. The summed E-state index contributed by atoms with van der Waals surface area (Å²) < 4.78 is 29.2. The predicted molar refractivity (Wildman–Crippen MR) is 74.2 cm³/mol. The number of aliphatic carboxylic acids is 1. The number of carbonyl (C=O) groups excluding carboxylic acids is 1. The van der Waals surface area contributed by atoms with Crippen LogP contribution >= 0.6 is 0 Å². The molecule has 7 heteroatoms. The van der Waals surface area contributed by atoms with Gasteiger partial charge in [0.15, 0.2) is 0 Å². The summed E-state index contributed by atoms with van der Waals surface area (Å²) in [5.74, 6) is -1.69. The predicted octanol–water partition coefficient (Wildman–Crippen LogP) is 2.45. The first-order valence-corrected chi connectivity index (χ1v) is 6.87. The molecule has 0 radical (unpaired) electrons. The quantitative estimate of drug-likeness (QED) is 0.927. The van der Waals surface area contributed by atoms with Crippen molar-refractivity contribution in [3.8, 4) is 5.75 Å². The number of benzene rings is 1. The van der Waals surface area contributed by atoms with Crippen molar-refractivity contribution in [2.45, 2.75) is 26.9 Å². The normalized spacial score (nSPS) is 17.9. The molecule has 22 heavy (non-hydrogen) atoms. The number of amides is 1. The second-order valence-electron chi connectivity index (χ2n) is 5.39. The standard InChI is InChI=1S/C15H17F2NO4/c1-8-5-11(6-9(2)12(8)22-15(16)17)13(19)18-4-3-10(7-18)14(20)21/h5-6,10,15H,3-4,7H2,1-2H3,(H,20,21). The van der Waals surface area contributed by atoms with Crippen molar-refractivity contribution < 1.29 is 28.2 Å². The number of rotatable bonds is 4. The molecule has 0 spiro atoms. The van der Waals surface area contributed by atoms with Crippen molar-refractivity contribution in [3.05, 3.63) is 28.8 Å². The minimum Gasteiger partial charge on any atom is -0.481 e. The van der Waals surface area contributed by atoms with Gasteiger partial charge in [-0.3, -0.25) is 9.59 Å². The van der Waals surface area contributed by atoms with Crippen molar-refractivity contribution >= 4 is 11.9 Å². The van der Waals surface area contributed by atoms with Gasteiger partial charge in [-0.2, -0.15) is 8.78 Å². The molecular formula is C15H17F2NO4. The van der Waals surface area contributed by atoms with Crippen LogP contribution in [0.25, 0.3) is 0 Å². The minimum atomic E-state index is -2.92. The van der Waals surface area contributed by atoms with E-state index in [2.05, 4.69) is 4.74 Å². The summed E-state index contributed by atoms with van der Waals surface area (Å²) in [5.41, 5.74) is 1.23. The van der Waals surface area contributed by atoms with Crippen LogP contribution < -0.4 is 4.74 Å². The van der Waals surface area contributed by atoms with Crippen LogP contribution in [-0.2, 0) is 4.79 Å². The second kappa shape index (κ2) is 6.29. The number of ether oxygens (including phenoxy) is 1. The highest BCUT2D eigenvalue weighted by molar-refractivity contribution is 5.95. The summed E-state index contributed by atoms with van der Waals surface area (Å²) in [6, 6.07) is 2.97. The summed E-state index contributed by atoms with van der Waals surface area (Å²) in [7, 11) is 0. The lowest BCUT2D eigenvalue weighted by Gasteiger charge is -2.18. The molecule has 1 aliphatic rings. The lowest BCUT2D eigenvalue weighted by molar-refractivity contribution is -0.141. The average Bonchev–Trinajstić information content (AvgIpc) is 2.91. The summed E-state index contributed by atoms with van der Waals surface area (Å²) in [6.07, 6.45) is 0.422. The van der Waals surface area contributed by atoms with E-state index in [0.717, 1.165) is 0 Å². The highest BCUT2D eigenvalue weighted by Crippen LogP contribution is 2.28. The Morgan fingerprint density at radius 3 is 2.36 bits per heavy atom. The van der Waals surface area contributed by atoms with Crippen molar-refractivity contribution in [2.24, 2.45) is 5.92 Å². The van der Waals surface area contributed by atoms with Gasteiger partial charge >= 0.3 is 12.6 Å². The molecule has 0 aliphatic carbocycles. The van der Waals surface area contributed by atoms with E-state index in [-0.39, 0.29) is 18.2 Å². The Hall–Kier alpha value is -2.18. The van der Waals surface area contributed by atoms with E-state index in [1.165, 1.54) is 17.0 Å². The number of carboxylic acid groups (broad SMARTS) is 1. The second-order valence-corrected chi connectivity index (χ2v) is 5.39. The summed E-state index contributed by atoms with van der Waals surface area (Å²) >= 11 is 0. The molecule has 1 N–H and O–H groups in total. The molecule has 1 saturated heterocycles. The molecule has 0 saturated carbocycles. The molecule has 0 bridgehead atoms. The van der Waals surface area contributed by atoms with Crippen molar-refractivity contribution in [3.63, 3.8) is 0 Å². The Morgan fingerprint density at radius 1 is 1.32 bits per heavy atom. The number of hydrogen-bond donors (Lipinski definition) is 1. The summed E-state index contributed by atoms with van der Waals surface area (Å²) in [6.45, 7) is 0.802. The van der Waals surface area contributed by atoms with E-state index in [1.54, 1.807) is 13.8 Å². The molecule has 1 aliphatic heterocycles. The zero-order valence-electron chi connectivity index (χ0n) is 12.3. The van der Waals surface area contributed by atoms with Gasteiger partial charge in [-0.05, 0) is 43.5 Å². The molecule has 1 unspecified atom stereocenters. The number of hydrogen-bond acceptors (Lipinski definition) is 3. The number of halogens is 2. The van der Waals surface area contributed by atoms with Gasteiger partial charge in [0.2, 0.25) is 0 Å². The van der Waals surface area contributed by atoms with Crippen LogP contribution in [0, 0.1) is 19.8 Å². The maximum absolute atomic E-state index is 12.4. The first-order valence-electron chi connectivity index (χ1n) is 6.87. The number of aryl methyl sites for hydroxylation is 2. The number of carboxylic acids is 1. The average molecular weight is 313 g/mol. The van der Waals surface area contributed by atoms with E-state index >= 15 is 0 Å². The lowest BCUT2D eigenvalue weighted by atomic mass is 10.0. The number of nitrogens with zero attached hydrogens (tertiary/aromatic N) is 1. The van der Waals surface area contributed by atoms with Crippen LogP contribution in [0.2, 0.25) is 0 Å². The zero-order valence-corrected chi connectivity index (χ0v) is 12.3. The van der Waals surface area contributed by atoms with E-state index < -0.39 is 18.5 Å². The van der Waals surface area contributed by atoms with E-state index in [0.29, 0.717) is 29.7 Å². The largest absolute Gasteiger partial charge is 0.481 e. The molecule has 2 rings (SSSR count). The van der Waals surface area contributed by atoms with Gasteiger partial charge in [0.1, 0.15) is 5.75 Å². The van der Waals surface area contributed by atoms with Crippen LogP contribution in [0.3, 0.4) is 0 Å². The van der Waals surface area contributed by atoms with Crippen LogP contribution in [0.5, 0.6) is 5.75 Å². The van der Waals surface area contributed by atoms with Gasteiger partial charge in [0.25, 0.3) is 5.91 Å². The minimum absolute atomic E-state index is 0.0661. The summed E-state index contributed by atoms with van der Waals surface area (Å²) in [5, 5.41) is 8.97. The van der Waals surface area contributed by atoms with Crippen LogP contribution in [0.1, 0.15) is 27.9 Å². The number of carbonyl (C=O) groups is 2. The maximum Gasteiger partial charge on any atom is 0.387 e. The molecular weight excluding hydrogens is 296 g/mol. The topological polar surface area (TPSA) is 66.8 Å². The zero-order chi connectivity index (χ0) is 16.4. The maximum atomic E-state index is 12.4. The molecule has 1 aromatic rings. The molecule has 1 heterocycles. The first kappa shape index (κ1) is 16.2. The monoisotopic (exact) mass is 313 g/mol. The molecule has 1 fully saturated rings. The third kappa shape index (κ3) is 3.35. The van der Waals surface area contributed by atoms with Crippen molar-refractivity contribution in [1.29, 1.82) is 0 Å². The lowest BCUT2D eigenvalue weighted by Crippen LogP contribution is -2.30. The molecule has 5 nitrogen and oxygen atoms in total. The fourth-order valence-corrected chi connectivity index (χ4v) is 2.68. The van der Waals surface area contributed by atoms with Gasteiger partial charge in [-0.15, -0.1) is 0 Å². The number of alkyl halides is 2. The van der Waals surface area contributed by atoms with E-state index in [4.69, 9.17) is 5.11 Å². The molecule has 0 aromatic heterocycles. The molecule has 1 atom stereocenters. The van der Waals surface area contributed by atoms with Crippen LogP contribution in [-0.4, -0.2) is 41.6 Å². The SMILES string of the molecule is Cc1cc(C(=O)N2CCC(C(=O)O)C2)cc(C)c1OC(F)F. The molecule has 1 amide bonds.